The van der Waals surface area contributed by atoms with Gasteiger partial charge >= 0.3 is 6.09 Å². The molecule has 1 aliphatic carbocycles. The molecule has 0 heterocycles. The van der Waals surface area contributed by atoms with Crippen molar-refractivity contribution in [1.82, 2.24) is 4.90 Å². The lowest BCUT2D eigenvalue weighted by atomic mass is 9.79. The Morgan fingerprint density at radius 2 is 1.76 bits per heavy atom. The summed E-state index contributed by atoms with van der Waals surface area (Å²) >= 11 is 0. The lowest BCUT2D eigenvalue weighted by molar-refractivity contribution is -0.0303. The van der Waals surface area contributed by atoms with Gasteiger partial charge in [-0.1, -0.05) is 30.3 Å². The molecule has 138 valence electrons. The molecule has 1 amide bonds. The number of ketones is 1. The van der Waals surface area contributed by atoms with Gasteiger partial charge in [0.1, 0.15) is 5.60 Å². The fourth-order valence-corrected chi connectivity index (χ4v) is 3.36. The Balaban J connectivity index is 2.04. The predicted octanol–water partition coefficient (Wildman–Crippen LogP) is 3.92. The molecular weight excluding hydrogens is 318 g/mol. The number of carbonyl (C=O) groups excluding carboxylic acids is 2. The van der Waals surface area contributed by atoms with E-state index in [9.17, 15) is 9.59 Å². The standard InChI is InChI=1S/C20H29NO4/c1-20(2,3)25-19(23)21(4)16-12-11-15(13-17(16)24-5)18(22)14-9-7-6-8-10-14/h6-10,15-17H,11-13H2,1-5H3/t15-,16+,17+/m0/s1. The van der Waals surface area contributed by atoms with Crippen LogP contribution in [0.5, 0.6) is 0 Å². The number of hydrogen-bond acceptors (Lipinski definition) is 4. The van der Waals surface area contributed by atoms with E-state index in [-0.39, 0.29) is 29.9 Å². The third kappa shape index (κ3) is 5.05. The van der Waals surface area contributed by atoms with E-state index in [0.29, 0.717) is 6.42 Å². The predicted molar refractivity (Wildman–Crippen MR) is 96.7 cm³/mol. The molecule has 1 aromatic carbocycles. The zero-order chi connectivity index (χ0) is 18.6. The molecule has 0 bridgehead atoms. The van der Waals surface area contributed by atoms with E-state index in [1.165, 1.54) is 0 Å². The minimum absolute atomic E-state index is 0.0735. The van der Waals surface area contributed by atoms with Crippen molar-refractivity contribution in [3.05, 3.63) is 35.9 Å². The third-order valence-electron chi connectivity index (χ3n) is 4.67. The Labute approximate surface area is 150 Å². The number of likely N-dealkylation sites (N-methyl/N-ethyl adjacent to an activating group) is 1. The van der Waals surface area contributed by atoms with Crippen LogP contribution in [0.15, 0.2) is 30.3 Å². The Bertz CT molecular complexity index is 593. The number of methoxy groups -OCH3 is 1. The van der Waals surface area contributed by atoms with Gasteiger partial charge in [0.25, 0.3) is 0 Å². The molecule has 0 spiro atoms. The van der Waals surface area contributed by atoms with Gasteiger partial charge in [0.05, 0.1) is 12.1 Å². The van der Waals surface area contributed by atoms with E-state index < -0.39 is 5.60 Å². The van der Waals surface area contributed by atoms with E-state index in [1.54, 1.807) is 19.1 Å². The molecule has 0 aromatic heterocycles. The summed E-state index contributed by atoms with van der Waals surface area (Å²) in [5, 5.41) is 0. The average molecular weight is 347 g/mol. The van der Waals surface area contributed by atoms with Gasteiger partial charge in [-0.3, -0.25) is 4.79 Å². The minimum Gasteiger partial charge on any atom is -0.444 e. The molecule has 1 aromatic rings. The van der Waals surface area contributed by atoms with Crippen LogP contribution in [0, 0.1) is 5.92 Å². The number of carbonyl (C=O) groups is 2. The van der Waals surface area contributed by atoms with Gasteiger partial charge in [0, 0.05) is 25.6 Å². The largest absolute Gasteiger partial charge is 0.444 e. The van der Waals surface area contributed by atoms with Gasteiger partial charge in [0.15, 0.2) is 5.78 Å². The van der Waals surface area contributed by atoms with Crippen LogP contribution in [-0.4, -0.2) is 48.7 Å². The molecule has 1 saturated carbocycles. The SMILES string of the molecule is CO[C@@H]1C[C@@H](C(=O)c2ccccc2)CC[C@H]1N(C)C(=O)OC(C)(C)C. The highest BCUT2D eigenvalue weighted by Gasteiger charge is 2.38. The first kappa shape index (κ1) is 19.4. The van der Waals surface area contributed by atoms with Gasteiger partial charge in [0.2, 0.25) is 0 Å². The molecule has 0 unspecified atom stereocenters. The van der Waals surface area contributed by atoms with Crippen molar-refractivity contribution in [1.29, 1.82) is 0 Å². The highest BCUT2D eigenvalue weighted by molar-refractivity contribution is 5.97. The maximum atomic E-state index is 12.7. The van der Waals surface area contributed by atoms with Crippen LogP contribution in [0.3, 0.4) is 0 Å². The summed E-state index contributed by atoms with van der Waals surface area (Å²) in [4.78, 5) is 26.6. The maximum absolute atomic E-state index is 12.7. The first-order valence-corrected chi connectivity index (χ1v) is 8.81. The number of nitrogens with zero attached hydrogens (tertiary/aromatic N) is 1. The first-order chi connectivity index (χ1) is 11.7. The normalized spacial score (nSPS) is 23.8. The second-order valence-corrected chi connectivity index (χ2v) is 7.67. The lowest BCUT2D eigenvalue weighted by Gasteiger charge is -2.40. The minimum atomic E-state index is -0.533. The van der Waals surface area contributed by atoms with Crippen LogP contribution < -0.4 is 0 Å². The van der Waals surface area contributed by atoms with Crippen LogP contribution in [0.2, 0.25) is 0 Å². The molecule has 0 N–H and O–H groups in total. The highest BCUT2D eigenvalue weighted by Crippen LogP contribution is 2.32. The Hall–Kier alpha value is -1.88. The second-order valence-electron chi connectivity index (χ2n) is 7.67. The van der Waals surface area contributed by atoms with Crippen LogP contribution >= 0.6 is 0 Å². The van der Waals surface area contributed by atoms with E-state index in [0.717, 1.165) is 18.4 Å². The first-order valence-electron chi connectivity index (χ1n) is 8.81. The van der Waals surface area contributed by atoms with Crippen molar-refractivity contribution < 1.29 is 19.1 Å². The highest BCUT2D eigenvalue weighted by atomic mass is 16.6. The van der Waals surface area contributed by atoms with Gasteiger partial charge in [-0.15, -0.1) is 0 Å². The van der Waals surface area contributed by atoms with Crippen molar-refractivity contribution in [2.45, 2.75) is 57.8 Å². The monoisotopic (exact) mass is 347 g/mol. The summed E-state index contributed by atoms with van der Waals surface area (Å²) in [6.07, 6.45) is 1.54. The molecule has 2 rings (SSSR count). The Morgan fingerprint density at radius 3 is 2.32 bits per heavy atom. The van der Waals surface area contributed by atoms with E-state index in [4.69, 9.17) is 9.47 Å². The Morgan fingerprint density at radius 1 is 1.12 bits per heavy atom. The summed E-state index contributed by atoms with van der Waals surface area (Å²) in [7, 11) is 3.38. The van der Waals surface area contributed by atoms with Crippen molar-refractivity contribution in [3.8, 4) is 0 Å². The molecule has 0 aliphatic heterocycles. The van der Waals surface area contributed by atoms with Crippen molar-refractivity contribution in [2.24, 2.45) is 5.92 Å². The molecule has 1 fully saturated rings. The molecular formula is C20H29NO4. The molecule has 1 aliphatic rings. The summed E-state index contributed by atoms with van der Waals surface area (Å²) in [6.45, 7) is 5.55. The number of ether oxygens (including phenoxy) is 2. The molecule has 0 radical (unpaired) electrons. The van der Waals surface area contributed by atoms with Gasteiger partial charge in [-0.25, -0.2) is 4.79 Å². The second kappa shape index (κ2) is 8.00. The molecule has 5 heteroatoms. The zero-order valence-corrected chi connectivity index (χ0v) is 15.8. The topological polar surface area (TPSA) is 55.8 Å². The van der Waals surface area contributed by atoms with Gasteiger partial charge in [-0.2, -0.15) is 0 Å². The van der Waals surface area contributed by atoms with E-state index >= 15 is 0 Å². The fraction of sp³-hybridized carbons (Fsp3) is 0.600. The van der Waals surface area contributed by atoms with Gasteiger partial charge < -0.3 is 14.4 Å². The molecule has 25 heavy (non-hydrogen) atoms. The molecule has 5 nitrogen and oxygen atoms in total. The van der Waals surface area contributed by atoms with E-state index in [1.807, 2.05) is 51.1 Å². The van der Waals surface area contributed by atoms with Crippen LogP contribution in [0.25, 0.3) is 0 Å². The van der Waals surface area contributed by atoms with Crippen LogP contribution in [0.4, 0.5) is 4.79 Å². The number of rotatable bonds is 4. The fourth-order valence-electron chi connectivity index (χ4n) is 3.36. The molecule has 3 atom stereocenters. The van der Waals surface area contributed by atoms with Crippen LogP contribution in [-0.2, 0) is 9.47 Å². The number of hydrogen-bond donors (Lipinski definition) is 0. The van der Waals surface area contributed by atoms with Crippen molar-refractivity contribution in [2.75, 3.05) is 14.2 Å². The zero-order valence-electron chi connectivity index (χ0n) is 15.8. The van der Waals surface area contributed by atoms with Crippen molar-refractivity contribution >= 4 is 11.9 Å². The smallest absolute Gasteiger partial charge is 0.410 e. The average Bonchev–Trinajstić information content (AvgIpc) is 2.59. The quantitative estimate of drug-likeness (QED) is 0.775. The maximum Gasteiger partial charge on any atom is 0.410 e. The summed E-state index contributed by atoms with van der Waals surface area (Å²) in [6, 6.07) is 9.28. The number of Topliss-reactive ketones (excluding diaryl/α,β-unsaturated/α-hetero) is 1. The molecule has 0 saturated heterocycles. The third-order valence-corrected chi connectivity index (χ3v) is 4.67. The summed E-state index contributed by atoms with van der Waals surface area (Å²) in [5.41, 5.74) is 0.204. The lowest BCUT2D eigenvalue weighted by Crippen LogP contribution is -2.50. The number of benzene rings is 1. The number of amides is 1. The van der Waals surface area contributed by atoms with E-state index in [2.05, 4.69) is 0 Å². The van der Waals surface area contributed by atoms with Crippen LogP contribution in [0.1, 0.15) is 50.4 Å². The van der Waals surface area contributed by atoms with Gasteiger partial charge in [-0.05, 0) is 40.0 Å². The summed E-state index contributed by atoms with van der Waals surface area (Å²) in [5.74, 6) is 0.0802. The summed E-state index contributed by atoms with van der Waals surface area (Å²) < 4.78 is 11.1. The van der Waals surface area contributed by atoms with Crippen molar-refractivity contribution in [3.63, 3.8) is 0 Å². The Kier molecular flexibility index (Phi) is 6.22.